The zero-order valence-electron chi connectivity index (χ0n) is 31.3. The van der Waals surface area contributed by atoms with Crippen LogP contribution >= 0.6 is 0 Å². The van der Waals surface area contributed by atoms with Crippen LogP contribution in [0.15, 0.2) is 4.99 Å². The minimum absolute atomic E-state index is 0.0799. The molecule has 0 radical (unpaired) electrons. The quantitative estimate of drug-likeness (QED) is 0.0254. The molecule has 1 unspecified atom stereocenters. The maximum atomic E-state index is 13.8. The number of likely N-dealkylation sites (N-methyl/N-ethyl adjacent to an activating group) is 1. The number of carbonyl (C=O) groups is 7. The Bertz CT molecular complexity index is 1260. The third-order valence-corrected chi connectivity index (χ3v) is 8.81. The summed E-state index contributed by atoms with van der Waals surface area (Å²) in [5.41, 5.74) is 16.5. The third kappa shape index (κ3) is 15.9. The highest BCUT2D eigenvalue weighted by Gasteiger charge is 2.38. The number of aliphatic hydroxyl groups is 2. The molecule has 1 fully saturated rings. The van der Waals surface area contributed by atoms with Gasteiger partial charge in [-0.15, -0.1) is 0 Å². The summed E-state index contributed by atoms with van der Waals surface area (Å²) in [5.74, 6) is -5.17. The second-order valence-corrected chi connectivity index (χ2v) is 13.0. The van der Waals surface area contributed by atoms with Crippen molar-refractivity contribution in [3.8, 4) is 0 Å². The number of rotatable bonds is 24. The Balaban J connectivity index is 3.20. The van der Waals surface area contributed by atoms with Crippen LogP contribution in [0.2, 0.25) is 0 Å². The Morgan fingerprint density at radius 3 is 1.87 bits per heavy atom. The maximum Gasteiger partial charge on any atom is 0.245 e. The summed E-state index contributed by atoms with van der Waals surface area (Å²) in [6, 6.07) is -7.23. The van der Waals surface area contributed by atoms with E-state index in [2.05, 4.69) is 36.9 Å². The Morgan fingerprint density at radius 1 is 0.792 bits per heavy atom. The van der Waals surface area contributed by atoms with Crippen molar-refractivity contribution in [1.29, 1.82) is 0 Å². The highest BCUT2D eigenvalue weighted by molar-refractivity contribution is 5.97. The topological polar surface area (TPSA) is 326 Å². The van der Waals surface area contributed by atoms with Gasteiger partial charge < -0.3 is 64.2 Å². The number of unbranched alkanes of at least 4 members (excludes halogenated alkanes) is 1. The van der Waals surface area contributed by atoms with Crippen LogP contribution in [0.3, 0.4) is 0 Å². The minimum Gasteiger partial charge on any atom is -0.394 e. The van der Waals surface area contributed by atoms with Gasteiger partial charge in [0.15, 0.2) is 5.96 Å². The van der Waals surface area contributed by atoms with E-state index in [0.29, 0.717) is 58.2 Å². The summed E-state index contributed by atoms with van der Waals surface area (Å²) in [7, 11) is 0. The lowest BCUT2D eigenvalue weighted by molar-refractivity contribution is -0.142. The average molecular weight is 756 g/mol. The van der Waals surface area contributed by atoms with Crippen LogP contribution in [0.25, 0.3) is 0 Å². The van der Waals surface area contributed by atoms with Crippen molar-refractivity contribution in [3.05, 3.63) is 0 Å². The van der Waals surface area contributed by atoms with Gasteiger partial charge >= 0.3 is 0 Å². The van der Waals surface area contributed by atoms with Crippen LogP contribution < -0.4 is 49.1 Å². The largest absolute Gasteiger partial charge is 0.394 e. The van der Waals surface area contributed by atoms with Crippen LogP contribution in [0.1, 0.15) is 79.1 Å². The first-order chi connectivity index (χ1) is 25.1. The van der Waals surface area contributed by atoms with Gasteiger partial charge in [-0.25, -0.2) is 0 Å². The molecule has 0 aromatic carbocycles. The molecule has 14 N–H and O–H groups in total. The molecule has 0 aromatic heterocycles. The lowest BCUT2D eigenvalue weighted by Crippen LogP contribution is -2.61. The predicted molar refractivity (Wildman–Crippen MR) is 195 cm³/mol. The van der Waals surface area contributed by atoms with Crippen molar-refractivity contribution < 1.29 is 43.8 Å². The number of likely N-dealkylation sites (tertiary alicyclic amines) is 1. The summed E-state index contributed by atoms with van der Waals surface area (Å²) < 4.78 is 0. The molecule has 7 amide bonds. The number of aliphatic imine (C=N–C) groups is 1. The number of hydrogen-bond donors (Lipinski definition) is 11. The Kier molecular flexibility index (Phi) is 21.6. The Hall–Kier alpha value is -4.56. The van der Waals surface area contributed by atoms with Gasteiger partial charge in [-0.2, -0.15) is 0 Å². The van der Waals surface area contributed by atoms with Crippen molar-refractivity contribution in [1.82, 2.24) is 36.8 Å². The van der Waals surface area contributed by atoms with E-state index in [-0.39, 0.29) is 37.2 Å². The molecule has 0 aromatic rings. The Morgan fingerprint density at radius 2 is 1.34 bits per heavy atom. The highest BCUT2D eigenvalue weighted by atomic mass is 16.3. The number of nitrogens with two attached hydrogens (primary N) is 3. The summed E-state index contributed by atoms with van der Waals surface area (Å²) in [5, 5.41) is 35.1. The van der Waals surface area contributed by atoms with Gasteiger partial charge in [-0.1, -0.05) is 20.3 Å². The molecule has 20 heteroatoms. The smallest absolute Gasteiger partial charge is 0.245 e. The van der Waals surface area contributed by atoms with Gasteiger partial charge in [0.05, 0.1) is 13.2 Å². The molecule has 20 nitrogen and oxygen atoms in total. The first kappa shape index (κ1) is 46.5. The van der Waals surface area contributed by atoms with E-state index in [1.54, 1.807) is 13.8 Å². The number of amides is 7. The highest BCUT2D eigenvalue weighted by Crippen LogP contribution is 2.20. The van der Waals surface area contributed by atoms with Crippen LogP contribution in [-0.2, 0) is 33.6 Å². The Labute approximate surface area is 310 Å². The van der Waals surface area contributed by atoms with Gasteiger partial charge in [-0.3, -0.25) is 38.6 Å². The predicted octanol–water partition coefficient (Wildman–Crippen LogP) is -4.23. The molecule has 1 saturated heterocycles. The van der Waals surface area contributed by atoms with E-state index in [0.717, 1.165) is 0 Å². The van der Waals surface area contributed by atoms with Crippen LogP contribution in [0.5, 0.6) is 0 Å². The van der Waals surface area contributed by atoms with Crippen molar-refractivity contribution in [2.75, 3.05) is 39.4 Å². The van der Waals surface area contributed by atoms with E-state index in [1.165, 1.54) is 11.8 Å². The van der Waals surface area contributed by atoms with E-state index < -0.39 is 84.9 Å². The molecule has 1 aliphatic rings. The molecule has 0 bridgehead atoms. The van der Waals surface area contributed by atoms with Gasteiger partial charge in [-0.05, 0) is 64.3 Å². The van der Waals surface area contributed by atoms with Crippen LogP contribution in [0.4, 0.5) is 0 Å². The summed E-state index contributed by atoms with van der Waals surface area (Å²) in [4.78, 5) is 96.7. The van der Waals surface area contributed by atoms with Gasteiger partial charge in [0, 0.05) is 26.6 Å². The molecule has 0 saturated carbocycles. The monoisotopic (exact) mass is 755 g/mol. The number of hydrogen-bond acceptors (Lipinski definition) is 11. The van der Waals surface area contributed by atoms with Crippen molar-refractivity contribution in [2.45, 2.75) is 115 Å². The number of nitrogens with zero attached hydrogens (tertiary/aromatic N) is 2. The second-order valence-electron chi connectivity index (χ2n) is 13.0. The SMILES string of the molecule is CCNC(=O)[C@@H]1CCCN1C(=O)[C@H](CCCN=C(N)N)NC(=O)[C@H](CCCCN)NC(=O)[C@H](CO)NC(=O)[C@H](CO)NC(=O)C(NC(C)=O)[C@@H](C)CC. The lowest BCUT2D eigenvalue weighted by Gasteiger charge is -2.30. The molecule has 7 atom stereocenters. The molecule has 302 valence electrons. The van der Waals surface area contributed by atoms with Crippen molar-refractivity contribution >= 4 is 47.3 Å². The van der Waals surface area contributed by atoms with Gasteiger partial charge in [0.2, 0.25) is 41.4 Å². The normalized spacial score (nSPS) is 17.2. The molecule has 53 heavy (non-hydrogen) atoms. The van der Waals surface area contributed by atoms with Gasteiger partial charge in [0.25, 0.3) is 0 Å². The molecule has 0 spiro atoms. The number of carbonyl (C=O) groups excluding carboxylic acids is 7. The van der Waals surface area contributed by atoms with E-state index >= 15 is 0 Å². The minimum atomic E-state index is -1.61. The number of guanidine groups is 1. The molecular weight excluding hydrogens is 694 g/mol. The van der Waals surface area contributed by atoms with Crippen molar-refractivity contribution in [2.24, 2.45) is 28.1 Å². The van der Waals surface area contributed by atoms with E-state index in [4.69, 9.17) is 17.2 Å². The zero-order chi connectivity index (χ0) is 40.1. The number of aliphatic hydroxyl groups excluding tert-OH is 2. The molecule has 1 rings (SSSR count). The van der Waals surface area contributed by atoms with E-state index in [9.17, 15) is 43.8 Å². The zero-order valence-corrected chi connectivity index (χ0v) is 31.3. The second kappa shape index (κ2) is 24.6. The average Bonchev–Trinajstić information content (AvgIpc) is 3.62. The number of nitrogens with one attached hydrogen (secondary N) is 6. The summed E-state index contributed by atoms with van der Waals surface area (Å²) >= 11 is 0. The van der Waals surface area contributed by atoms with Crippen molar-refractivity contribution in [3.63, 3.8) is 0 Å². The van der Waals surface area contributed by atoms with Crippen LogP contribution in [-0.4, -0.2) is 138 Å². The third-order valence-electron chi connectivity index (χ3n) is 8.81. The molecule has 0 aliphatic carbocycles. The molecular formula is C33H61N11O9. The van der Waals surface area contributed by atoms with Gasteiger partial charge in [0.1, 0.15) is 36.3 Å². The fraction of sp³-hybridized carbons (Fsp3) is 0.758. The first-order valence-electron chi connectivity index (χ1n) is 18.2. The molecule has 1 heterocycles. The summed E-state index contributed by atoms with van der Waals surface area (Å²) in [6.45, 7) is 5.89. The molecule has 1 aliphatic heterocycles. The standard InChI is InChI=1S/C33H61N11O9/c1-5-19(3)26(39-20(4)47)31(52)43-24(18-46)29(50)42-23(17-45)28(49)40-21(11-7-8-14-34)27(48)41-22(12-9-15-38-33(35)36)32(53)44-16-10-13-25(44)30(51)37-6-2/h19,21-26,45-46H,5-18,34H2,1-4H3,(H,37,51)(H,39,47)(H,40,49)(H,41,48)(H,42,50)(H,43,52)(H4,35,36,38)/t19-,21-,22-,23-,24-,25-,26?/m0/s1. The first-order valence-corrected chi connectivity index (χ1v) is 18.2. The lowest BCUT2D eigenvalue weighted by atomic mass is 9.98. The van der Waals surface area contributed by atoms with E-state index in [1.807, 2.05) is 6.92 Å². The summed E-state index contributed by atoms with van der Waals surface area (Å²) in [6.07, 6.45) is 2.92. The fourth-order valence-electron chi connectivity index (χ4n) is 5.71. The maximum absolute atomic E-state index is 13.8. The van der Waals surface area contributed by atoms with Crippen LogP contribution in [0, 0.1) is 5.92 Å². The fourth-order valence-corrected chi connectivity index (χ4v) is 5.71.